The number of hydrogen-bond acceptors (Lipinski definition) is 4. The van der Waals surface area contributed by atoms with Gasteiger partial charge < -0.3 is 14.8 Å². The fourth-order valence-corrected chi connectivity index (χ4v) is 2.82. The van der Waals surface area contributed by atoms with Crippen LogP contribution in [0.4, 0.5) is 5.69 Å². The van der Waals surface area contributed by atoms with E-state index in [1.807, 2.05) is 74.5 Å². The SMILES string of the molecule is COc1ccc(N[C@@H](C(=O)OC(C)C)c2ccc3ccccc3c2)cc1. The van der Waals surface area contributed by atoms with Crippen molar-refractivity contribution in [2.45, 2.75) is 26.0 Å². The number of anilines is 1. The minimum absolute atomic E-state index is 0.178. The van der Waals surface area contributed by atoms with Gasteiger partial charge in [0.05, 0.1) is 13.2 Å². The number of rotatable bonds is 6. The molecule has 0 aliphatic heterocycles. The maximum absolute atomic E-state index is 12.7. The summed E-state index contributed by atoms with van der Waals surface area (Å²) in [5, 5.41) is 5.51. The van der Waals surface area contributed by atoms with E-state index in [1.165, 1.54) is 0 Å². The van der Waals surface area contributed by atoms with Crippen LogP contribution in [0.15, 0.2) is 66.7 Å². The Bertz CT molecular complexity index is 887. The van der Waals surface area contributed by atoms with Crippen molar-refractivity contribution in [2.24, 2.45) is 0 Å². The first kappa shape index (κ1) is 17.8. The molecule has 4 heteroatoms. The largest absolute Gasteiger partial charge is 0.497 e. The number of carbonyl (C=O) groups is 1. The van der Waals surface area contributed by atoms with Gasteiger partial charge in [-0.05, 0) is 60.5 Å². The highest BCUT2D eigenvalue weighted by molar-refractivity contribution is 5.87. The van der Waals surface area contributed by atoms with Crippen LogP contribution in [0.25, 0.3) is 10.8 Å². The molecule has 0 aliphatic rings. The smallest absolute Gasteiger partial charge is 0.333 e. The van der Waals surface area contributed by atoms with Gasteiger partial charge in [-0.3, -0.25) is 0 Å². The third-order valence-electron chi connectivity index (χ3n) is 4.10. The second kappa shape index (κ2) is 7.91. The highest BCUT2D eigenvalue weighted by Gasteiger charge is 2.23. The molecule has 1 atom stereocenters. The maximum Gasteiger partial charge on any atom is 0.333 e. The van der Waals surface area contributed by atoms with Crippen molar-refractivity contribution in [3.8, 4) is 5.75 Å². The molecule has 0 unspecified atom stereocenters. The number of methoxy groups -OCH3 is 1. The van der Waals surface area contributed by atoms with E-state index in [2.05, 4.69) is 11.4 Å². The van der Waals surface area contributed by atoms with E-state index in [0.717, 1.165) is 27.8 Å². The summed E-state index contributed by atoms with van der Waals surface area (Å²) >= 11 is 0. The molecule has 1 N–H and O–H groups in total. The normalized spacial score (nSPS) is 12.0. The summed E-state index contributed by atoms with van der Waals surface area (Å²) in [6.07, 6.45) is -0.178. The maximum atomic E-state index is 12.7. The molecule has 134 valence electrons. The number of fused-ring (bicyclic) bond motifs is 1. The molecule has 0 amide bonds. The van der Waals surface area contributed by atoms with Gasteiger partial charge in [0, 0.05) is 5.69 Å². The summed E-state index contributed by atoms with van der Waals surface area (Å²) in [5.41, 5.74) is 1.69. The van der Waals surface area contributed by atoms with Crippen molar-refractivity contribution in [3.63, 3.8) is 0 Å². The van der Waals surface area contributed by atoms with Crippen LogP contribution >= 0.6 is 0 Å². The summed E-state index contributed by atoms with van der Waals surface area (Å²) in [7, 11) is 1.63. The zero-order chi connectivity index (χ0) is 18.5. The number of carbonyl (C=O) groups excluding carboxylic acids is 1. The van der Waals surface area contributed by atoms with E-state index in [4.69, 9.17) is 9.47 Å². The van der Waals surface area contributed by atoms with Crippen LogP contribution in [0, 0.1) is 0 Å². The van der Waals surface area contributed by atoms with E-state index in [-0.39, 0.29) is 12.1 Å². The summed E-state index contributed by atoms with van der Waals surface area (Å²) in [6.45, 7) is 3.70. The lowest BCUT2D eigenvalue weighted by atomic mass is 10.0. The van der Waals surface area contributed by atoms with Crippen LogP contribution in [0.2, 0.25) is 0 Å². The van der Waals surface area contributed by atoms with Crippen molar-refractivity contribution in [2.75, 3.05) is 12.4 Å². The minimum atomic E-state index is -0.588. The molecule has 0 saturated carbocycles. The van der Waals surface area contributed by atoms with Crippen LogP contribution in [-0.2, 0) is 9.53 Å². The monoisotopic (exact) mass is 349 g/mol. The standard InChI is InChI=1S/C22H23NO3/c1-15(2)26-22(24)21(23-19-10-12-20(25-3)13-11-19)18-9-8-16-6-4-5-7-17(16)14-18/h4-15,21,23H,1-3H3/t21-/m1/s1. The molecular formula is C22H23NO3. The van der Waals surface area contributed by atoms with E-state index in [0.29, 0.717) is 0 Å². The fraction of sp³-hybridized carbons (Fsp3) is 0.227. The van der Waals surface area contributed by atoms with E-state index in [1.54, 1.807) is 7.11 Å². The Kier molecular flexibility index (Phi) is 5.42. The Morgan fingerprint density at radius 3 is 2.27 bits per heavy atom. The Labute approximate surface area is 153 Å². The fourth-order valence-electron chi connectivity index (χ4n) is 2.82. The Hall–Kier alpha value is -3.01. The van der Waals surface area contributed by atoms with Gasteiger partial charge in [0.2, 0.25) is 0 Å². The van der Waals surface area contributed by atoms with E-state index >= 15 is 0 Å². The van der Waals surface area contributed by atoms with Crippen molar-refractivity contribution in [1.82, 2.24) is 0 Å². The van der Waals surface area contributed by atoms with Gasteiger partial charge in [-0.25, -0.2) is 4.79 Å². The van der Waals surface area contributed by atoms with Crippen LogP contribution in [0.3, 0.4) is 0 Å². The molecule has 0 aliphatic carbocycles. The molecule has 3 aromatic carbocycles. The topological polar surface area (TPSA) is 47.6 Å². The summed E-state index contributed by atoms with van der Waals surface area (Å²) in [6, 6.07) is 21.0. The van der Waals surface area contributed by atoms with E-state index < -0.39 is 6.04 Å². The second-order valence-corrected chi connectivity index (χ2v) is 6.40. The lowest BCUT2D eigenvalue weighted by Gasteiger charge is -2.21. The molecule has 0 aromatic heterocycles. The predicted octanol–water partition coefficient (Wildman–Crippen LogP) is 4.95. The highest BCUT2D eigenvalue weighted by Crippen LogP contribution is 2.26. The average molecular weight is 349 g/mol. The first-order valence-corrected chi connectivity index (χ1v) is 8.66. The number of hydrogen-bond donors (Lipinski definition) is 1. The average Bonchev–Trinajstić information content (AvgIpc) is 2.65. The van der Waals surface area contributed by atoms with Crippen LogP contribution in [0.5, 0.6) is 5.75 Å². The first-order valence-electron chi connectivity index (χ1n) is 8.66. The molecule has 3 rings (SSSR count). The van der Waals surface area contributed by atoms with Crippen molar-refractivity contribution < 1.29 is 14.3 Å². The second-order valence-electron chi connectivity index (χ2n) is 6.40. The van der Waals surface area contributed by atoms with E-state index in [9.17, 15) is 4.79 Å². The van der Waals surface area contributed by atoms with Crippen molar-refractivity contribution >= 4 is 22.4 Å². The predicted molar refractivity (Wildman–Crippen MR) is 105 cm³/mol. The van der Waals surface area contributed by atoms with Gasteiger partial charge >= 0.3 is 5.97 Å². The summed E-state index contributed by atoms with van der Waals surface area (Å²) in [4.78, 5) is 12.7. The van der Waals surface area contributed by atoms with Crippen LogP contribution < -0.4 is 10.1 Å². The molecular weight excluding hydrogens is 326 g/mol. The number of ether oxygens (including phenoxy) is 2. The zero-order valence-electron chi connectivity index (χ0n) is 15.2. The minimum Gasteiger partial charge on any atom is -0.497 e. The quantitative estimate of drug-likeness (QED) is 0.640. The molecule has 0 fully saturated rings. The van der Waals surface area contributed by atoms with Crippen molar-refractivity contribution in [3.05, 3.63) is 72.3 Å². The number of benzene rings is 3. The van der Waals surface area contributed by atoms with Crippen LogP contribution in [-0.4, -0.2) is 19.2 Å². The third kappa shape index (κ3) is 4.14. The molecule has 0 bridgehead atoms. The van der Waals surface area contributed by atoms with Crippen molar-refractivity contribution in [1.29, 1.82) is 0 Å². The van der Waals surface area contributed by atoms with Gasteiger partial charge in [0.15, 0.2) is 6.04 Å². The van der Waals surface area contributed by atoms with Gasteiger partial charge in [-0.2, -0.15) is 0 Å². The molecule has 0 saturated heterocycles. The highest BCUT2D eigenvalue weighted by atomic mass is 16.5. The first-order chi connectivity index (χ1) is 12.6. The molecule has 3 aromatic rings. The van der Waals surface area contributed by atoms with Gasteiger partial charge in [0.25, 0.3) is 0 Å². The Balaban J connectivity index is 1.94. The zero-order valence-corrected chi connectivity index (χ0v) is 15.2. The lowest BCUT2D eigenvalue weighted by molar-refractivity contribution is -0.148. The van der Waals surface area contributed by atoms with Gasteiger partial charge in [-0.1, -0.05) is 36.4 Å². The van der Waals surface area contributed by atoms with Gasteiger partial charge in [-0.15, -0.1) is 0 Å². The molecule has 0 radical (unpaired) electrons. The number of esters is 1. The third-order valence-corrected chi connectivity index (χ3v) is 4.10. The summed E-state index contributed by atoms with van der Waals surface area (Å²) in [5.74, 6) is 0.466. The van der Waals surface area contributed by atoms with Crippen LogP contribution in [0.1, 0.15) is 25.5 Å². The lowest BCUT2D eigenvalue weighted by Crippen LogP contribution is -2.25. The number of nitrogens with one attached hydrogen (secondary N) is 1. The van der Waals surface area contributed by atoms with Gasteiger partial charge in [0.1, 0.15) is 5.75 Å². The molecule has 4 nitrogen and oxygen atoms in total. The Morgan fingerprint density at radius 2 is 1.62 bits per heavy atom. The molecule has 0 spiro atoms. The Morgan fingerprint density at radius 1 is 0.923 bits per heavy atom. The molecule has 26 heavy (non-hydrogen) atoms. The summed E-state index contributed by atoms with van der Waals surface area (Å²) < 4.78 is 10.7. The molecule has 0 heterocycles.